The average molecular weight is 316 g/mol. The lowest BCUT2D eigenvalue weighted by Gasteiger charge is -2.17. The Bertz CT molecular complexity index is 696. The predicted molar refractivity (Wildman–Crippen MR) is 93.3 cm³/mol. The Balaban J connectivity index is 1.74. The fraction of sp³-hybridized carbons (Fsp3) is 0.353. The molecule has 0 radical (unpaired) electrons. The third-order valence-electron chi connectivity index (χ3n) is 3.66. The Morgan fingerprint density at radius 3 is 2.67 bits per heavy atom. The number of benzene rings is 1. The fourth-order valence-corrected chi connectivity index (χ4v) is 4.38. The zero-order valence-electron chi connectivity index (χ0n) is 12.6. The zero-order valence-corrected chi connectivity index (χ0v) is 14.2. The molecule has 1 aromatic carbocycles. The van der Waals surface area contributed by atoms with E-state index < -0.39 is 0 Å². The summed E-state index contributed by atoms with van der Waals surface area (Å²) in [6.45, 7) is 6.60. The Kier molecular flexibility index (Phi) is 4.38. The molecule has 0 aliphatic rings. The summed E-state index contributed by atoms with van der Waals surface area (Å²) in [5.41, 5.74) is 0. The molecule has 0 saturated heterocycles. The molecule has 0 aliphatic carbocycles. The molecule has 3 aromatic rings. The van der Waals surface area contributed by atoms with Gasteiger partial charge in [0.15, 0.2) is 0 Å². The van der Waals surface area contributed by atoms with Crippen molar-refractivity contribution in [2.75, 3.05) is 0 Å². The van der Waals surface area contributed by atoms with E-state index in [2.05, 4.69) is 61.4 Å². The van der Waals surface area contributed by atoms with Crippen LogP contribution in [0.15, 0.2) is 36.5 Å². The van der Waals surface area contributed by atoms with Crippen LogP contribution in [0.25, 0.3) is 10.1 Å². The fourth-order valence-electron chi connectivity index (χ4n) is 2.43. The van der Waals surface area contributed by atoms with Crippen LogP contribution in [0.2, 0.25) is 0 Å². The molecule has 0 amide bonds. The number of nitrogens with one attached hydrogen (secondary N) is 1. The summed E-state index contributed by atoms with van der Waals surface area (Å²) in [4.78, 5) is 7.28. The lowest BCUT2D eigenvalue weighted by Crippen LogP contribution is -2.21. The van der Waals surface area contributed by atoms with E-state index in [1.54, 1.807) is 0 Å². The number of nitrogens with zero attached hydrogens (tertiary/aromatic N) is 1. The largest absolute Gasteiger partial charge is 0.301 e. The number of thiazole rings is 1. The lowest BCUT2D eigenvalue weighted by molar-refractivity contribution is 0.498. The van der Waals surface area contributed by atoms with Crippen LogP contribution >= 0.6 is 22.7 Å². The van der Waals surface area contributed by atoms with Crippen LogP contribution in [0.4, 0.5) is 0 Å². The van der Waals surface area contributed by atoms with E-state index in [9.17, 15) is 0 Å². The van der Waals surface area contributed by atoms with Gasteiger partial charge in [0.05, 0.1) is 6.04 Å². The molecule has 0 fully saturated rings. The minimum Gasteiger partial charge on any atom is -0.301 e. The SMILES string of the molecule is CCc1cnc(C(C)NC(C)c2cc3ccccc3s2)s1. The minimum atomic E-state index is 0.288. The van der Waals surface area contributed by atoms with Crippen LogP contribution in [-0.2, 0) is 6.42 Å². The summed E-state index contributed by atoms with van der Waals surface area (Å²) in [6.07, 6.45) is 3.07. The van der Waals surface area contributed by atoms with Crippen molar-refractivity contribution >= 4 is 32.8 Å². The van der Waals surface area contributed by atoms with Crippen LogP contribution in [-0.4, -0.2) is 4.98 Å². The number of fused-ring (bicyclic) bond motifs is 1. The minimum absolute atomic E-state index is 0.288. The summed E-state index contributed by atoms with van der Waals surface area (Å²) in [5.74, 6) is 0. The first kappa shape index (κ1) is 14.7. The van der Waals surface area contributed by atoms with Gasteiger partial charge in [-0.25, -0.2) is 4.98 Å². The second-order valence-corrected chi connectivity index (χ2v) is 7.58. The molecule has 2 nitrogen and oxygen atoms in total. The van der Waals surface area contributed by atoms with Gasteiger partial charge in [0, 0.05) is 26.7 Å². The van der Waals surface area contributed by atoms with Crippen molar-refractivity contribution in [3.05, 3.63) is 51.3 Å². The number of hydrogen-bond donors (Lipinski definition) is 1. The van der Waals surface area contributed by atoms with Gasteiger partial charge >= 0.3 is 0 Å². The number of aromatic nitrogens is 1. The monoisotopic (exact) mass is 316 g/mol. The number of aryl methyl sites for hydroxylation is 1. The number of rotatable bonds is 5. The summed E-state index contributed by atoms with van der Waals surface area (Å²) in [6, 6.07) is 11.5. The maximum Gasteiger partial charge on any atom is 0.109 e. The Morgan fingerprint density at radius 2 is 1.95 bits per heavy atom. The van der Waals surface area contributed by atoms with Crippen molar-refractivity contribution in [1.82, 2.24) is 10.3 Å². The summed E-state index contributed by atoms with van der Waals surface area (Å²) >= 11 is 3.69. The molecular formula is C17H20N2S2. The van der Waals surface area contributed by atoms with Gasteiger partial charge < -0.3 is 5.32 Å². The smallest absolute Gasteiger partial charge is 0.109 e. The van der Waals surface area contributed by atoms with E-state index in [1.165, 1.54) is 24.8 Å². The van der Waals surface area contributed by atoms with Crippen molar-refractivity contribution in [2.45, 2.75) is 39.3 Å². The van der Waals surface area contributed by atoms with E-state index in [0.717, 1.165) is 6.42 Å². The molecule has 0 bridgehead atoms. The first-order chi connectivity index (χ1) is 10.2. The molecule has 0 saturated carbocycles. The number of thiophene rings is 1. The Morgan fingerprint density at radius 1 is 1.14 bits per heavy atom. The van der Waals surface area contributed by atoms with Crippen molar-refractivity contribution in [3.63, 3.8) is 0 Å². The summed E-state index contributed by atoms with van der Waals surface area (Å²) in [7, 11) is 0. The van der Waals surface area contributed by atoms with E-state index in [-0.39, 0.29) is 6.04 Å². The van der Waals surface area contributed by atoms with Gasteiger partial charge in [-0.15, -0.1) is 22.7 Å². The Hall–Kier alpha value is -1.23. The normalized spacial score (nSPS) is 14.4. The molecule has 2 heterocycles. The highest BCUT2D eigenvalue weighted by molar-refractivity contribution is 7.19. The highest BCUT2D eigenvalue weighted by atomic mass is 32.1. The quantitative estimate of drug-likeness (QED) is 0.688. The number of hydrogen-bond acceptors (Lipinski definition) is 4. The molecule has 4 heteroatoms. The highest BCUT2D eigenvalue weighted by Gasteiger charge is 2.15. The molecule has 0 aliphatic heterocycles. The van der Waals surface area contributed by atoms with Crippen molar-refractivity contribution in [1.29, 1.82) is 0 Å². The molecule has 1 N–H and O–H groups in total. The van der Waals surface area contributed by atoms with Crippen molar-refractivity contribution in [2.24, 2.45) is 0 Å². The van der Waals surface area contributed by atoms with Gasteiger partial charge in [0.2, 0.25) is 0 Å². The average Bonchev–Trinajstić information content (AvgIpc) is 3.13. The molecule has 21 heavy (non-hydrogen) atoms. The lowest BCUT2D eigenvalue weighted by atomic mass is 10.2. The molecule has 2 unspecified atom stereocenters. The van der Waals surface area contributed by atoms with Crippen LogP contribution in [0, 0.1) is 0 Å². The van der Waals surface area contributed by atoms with Gasteiger partial charge in [-0.1, -0.05) is 25.1 Å². The Labute approximate surface area is 133 Å². The van der Waals surface area contributed by atoms with Gasteiger partial charge in [-0.2, -0.15) is 0 Å². The third-order valence-corrected chi connectivity index (χ3v) is 6.28. The van der Waals surface area contributed by atoms with Crippen LogP contribution in [0.1, 0.15) is 47.6 Å². The van der Waals surface area contributed by atoms with Gasteiger partial charge in [-0.05, 0) is 37.8 Å². The zero-order chi connectivity index (χ0) is 14.8. The first-order valence-electron chi connectivity index (χ1n) is 7.36. The molecular weight excluding hydrogens is 296 g/mol. The van der Waals surface area contributed by atoms with Crippen LogP contribution < -0.4 is 5.32 Å². The predicted octanol–water partition coefficient (Wildman–Crippen LogP) is 5.33. The standard InChI is InChI=1S/C17H20N2S2/c1-4-14-10-18-17(20-14)12(3)19-11(2)16-9-13-7-5-6-8-15(13)21-16/h5-12,19H,4H2,1-3H3. The molecule has 0 spiro atoms. The second kappa shape index (κ2) is 6.26. The second-order valence-electron chi connectivity index (χ2n) is 5.32. The van der Waals surface area contributed by atoms with Gasteiger partial charge in [0.25, 0.3) is 0 Å². The van der Waals surface area contributed by atoms with E-state index >= 15 is 0 Å². The molecule has 2 atom stereocenters. The van der Waals surface area contributed by atoms with Crippen molar-refractivity contribution in [3.8, 4) is 0 Å². The van der Waals surface area contributed by atoms with E-state index in [0.29, 0.717) is 6.04 Å². The van der Waals surface area contributed by atoms with Gasteiger partial charge in [-0.3, -0.25) is 0 Å². The van der Waals surface area contributed by atoms with Gasteiger partial charge in [0.1, 0.15) is 5.01 Å². The molecule has 3 rings (SSSR count). The van der Waals surface area contributed by atoms with Crippen molar-refractivity contribution < 1.29 is 0 Å². The van der Waals surface area contributed by atoms with Crippen LogP contribution in [0.3, 0.4) is 0 Å². The third kappa shape index (κ3) is 3.18. The molecule has 110 valence electrons. The summed E-state index contributed by atoms with van der Waals surface area (Å²) in [5, 5.41) is 6.18. The maximum atomic E-state index is 4.54. The first-order valence-corrected chi connectivity index (χ1v) is 8.99. The summed E-state index contributed by atoms with van der Waals surface area (Å²) < 4.78 is 1.36. The van der Waals surface area contributed by atoms with E-state index in [4.69, 9.17) is 0 Å². The maximum absolute atomic E-state index is 4.54. The molecule has 2 aromatic heterocycles. The highest BCUT2D eigenvalue weighted by Crippen LogP contribution is 2.31. The van der Waals surface area contributed by atoms with Crippen LogP contribution in [0.5, 0.6) is 0 Å². The van der Waals surface area contributed by atoms with E-state index in [1.807, 2.05) is 28.9 Å². The topological polar surface area (TPSA) is 24.9 Å².